The fraction of sp³-hybridized carbons (Fsp3) is 0.522. The number of nitrogens with two attached hydrogens (primary N) is 2. The number of aliphatic hydroxyl groups is 1. The van der Waals surface area contributed by atoms with Gasteiger partial charge in [-0.05, 0) is 105 Å². The van der Waals surface area contributed by atoms with E-state index in [9.17, 15) is 58.5 Å². The van der Waals surface area contributed by atoms with E-state index in [1.54, 1.807) is 74.8 Å². The average molecular weight is 1900 g/mol. The number of imidazole rings is 1. The minimum atomic E-state index is -1.89. The Morgan fingerprint density at radius 2 is 1.10 bits per heavy atom. The van der Waals surface area contributed by atoms with E-state index in [0.29, 0.717) is 57.0 Å². The zero-order chi connectivity index (χ0) is 98.4. The molecule has 3 aromatic heterocycles. The largest absolute Gasteiger partial charge is 0.508 e. The lowest BCUT2D eigenvalue weighted by atomic mass is 10.0. The number of carboxylic acid groups (broad SMARTS) is 1. The van der Waals surface area contributed by atoms with Crippen LogP contribution in [0.2, 0.25) is 0 Å². The van der Waals surface area contributed by atoms with Crippen molar-refractivity contribution < 1.29 is 102 Å². The Morgan fingerprint density at radius 3 is 1.66 bits per heavy atom. The number of guanidine groups is 1. The maximum Gasteiger partial charge on any atom is 0.305 e. The summed E-state index contributed by atoms with van der Waals surface area (Å²) in [6, 6.07) is -2.14. The Bertz CT molecular complexity index is 5210. The number of aliphatic carboxylic acids is 1. The molecule has 0 bridgehead atoms. The highest BCUT2D eigenvalue weighted by Crippen LogP contribution is 2.28. The zero-order valence-corrected chi connectivity index (χ0v) is 77.6. The third-order valence-electron chi connectivity index (χ3n) is 24.0. The van der Waals surface area contributed by atoms with Gasteiger partial charge in [-0.15, -0.1) is 11.8 Å². The number of carbonyl (C=O) groups excluding carboxylic acids is 16. The van der Waals surface area contributed by atoms with Crippen molar-refractivity contribution in [3.05, 3.63) is 120 Å². The molecule has 9 rings (SSSR count). The molecule has 0 saturated carbocycles. The molecule has 16 amide bonds. The fourth-order valence-electron chi connectivity index (χ4n) is 16.6. The second-order valence-corrected chi connectivity index (χ2v) is 35.4. The molecule has 0 aliphatic carbocycles. The lowest BCUT2D eigenvalue weighted by Crippen LogP contribution is -2.62. The number of aliphatic hydroxyl groups excluding tert-OH is 1. The summed E-state index contributed by atoms with van der Waals surface area (Å²) in [5.41, 5.74) is 14.1. The molecular weight excluding hydrogens is 1770 g/mol. The van der Waals surface area contributed by atoms with E-state index in [2.05, 4.69) is 78.4 Å². The van der Waals surface area contributed by atoms with Gasteiger partial charge in [-0.2, -0.15) is 0 Å². The number of aromatic amines is 3. The van der Waals surface area contributed by atoms with Crippen LogP contribution in [0, 0.1) is 11.3 Å². The molecule has 22 N–H and O–H groups in total. The number of rotatable bonds is 26. The van der Waals surface area contributed by atoms with Crippen LogP contribution in [-0.2, 0) is 112 Å². The first-order chi connectivity index (χ1) is 64.4. The number of phenols is 1. The quantitative estimate of drug-likeness (QED) is 0.0152. The zero-order valence-electron chi connectivity index (χ0n) is 76.8. The van der Waals surface area contributed by atoms with Crippen LogP contribution in [0.25, 0.3) is 21.8 Å². The number of hydrogen-bond acceptors (Lipinski definition) is 23. The molecule has 44 nitrogen and oxygen atoms in total. The number of phenolic OH excluding ortho intramolecular Hbond substituents is 1. The number of aromatic nitrogens is 4. The molecule has 3 saturated heterocycles. The predicted octanol–water partition coefficient (Wildman–Crippen LogP) is -2.45. The number of carbonyl (C=O) groups is 17. The van der Waals surface area contributed by atoms with Gasteiger partial charge >= 0.3 is 5.97 Å². The van der Waals surface area contributed by atoms with Gasteiger partial charge in [0.05, 0.1) is 31.7 Å². The predicted molar refractivity (Wildman–Crippen MR) is 494 cm³/mol. The van der Waals surface area contributed by atoms with E-state index in [0.717, 1.165) is 31.4 Å². The van der Waals surface area contributed by atoms with Gasteiger partial charge in [0.2, 0.25) is 94.5 Å². The molecule has 3 aliphatic heterocycles. The van der Waals surface area contributed by atoms with Gasteiger partial charge in [-0.25, -0.2) is 4.98 Å². The third-order valence-corrected chi connectivity index (χ3v) is 25.1. The number of likely N-dealkylation sites (N-methyl/N-ethyl adjacent to an activating group) is 3. The van der Waals surface area contributed by atoms with E-state index < -0.39 is 222 Å². The maximum absolute atomic E-state index is 15.7. The number of nitrogens with one attached hydrogen (secondary N) is 15. The lowest BCUT2D eigenvalue weighted by Gasteiger charge is -2.36. The van der Waals surface area contributed by atoms with Gasteiger partial charge in [0.25, 0.3) is 0 Å². The number of fused-ring (bicyclic) bond motifs is 4. The first kappa shape index (κ1) is 105. The highest BCUT2D eigenvalue weighted by Gasteiger charge is 2.46. The fourth-order valence-corrected chi connectivity index (χ4v) is 17.4. The van der Waals surface area contributed by atoms with Crippen molar-refractivity contribution in [2.45, 2.75) is 215 Å². The number of methoxy groups -OCH3 is 1. The van der Waals surface area contributed by atoms with Crippen LogP contribution in [0.1, 0.15) is 127 Å². The lowest BCUT2D eigenvalue weighted by molar-refractivity contribution is -0.150. The number of nitrogens with zero attached hydrogens (tertiary/aromatic N) is 6. The highest BCUT2D eigenvalue weighted by atomic mass is 32.2. The molecule has 732 valence electrons. The maximum atomic E-state index is 15.7. The van der Waals surface area contributed by atoms with Gasteiger partial charge in [0.15, 0.2) is 5.96 Å². The minimum absolute atomic E-state index is 0.0197. The van der Waals surface area contributed by atoms with E-state index in [-0.39, 0.29) is 121 Å². The standard InChI is InChI=1S/C90H125N23O21S/c1-9-10-23-69-82(126)101-60(22-15-31-95-90(92)93)78(122)108-68(77(121)98-44-73(91)116)46-135-47-74(117)100-64(36-51-26-28-55(115)29-27-51)85(129)109(5)50(4)76(120)104-66(40-75(118)119)88(132)113-33-17-25-71(113)84(128)103-62(39-54-43-94-48-99-54)80(124)105-63(35-49(2)3)87(131)112-32-16-24-70(112)83(127)102-61(37-52-41-96-58-20-13-11-18-56(52)58)79(123)107-67(45-114)81(125)106-65(38-53-42-97-59-21-14-12-19-57(53)59)86(130)111(7)72(30-34-134-8)89(133)110(69)6/h11-14,18-21,26-29,41-43,48-50,60-72,96-97,114-115H,9-10,15-17,22-25,30-40,44-47H2,1-8H3,(H2,91,116)(H,94,99)(H,98,121)(H,100,117)(H,101,126)(H,102,127)(H,103,128)(H,104,120)(H,105,124)(H,106,125)(H,107,123)(H,108,122)(H,118,119)(H4,92,93,95)/t50-,60-,61-,62-,63-,64-,65-,66-,67-,68?,69-,70-,71-,72-/m0/s1. The number of hydrogen-bond donors (Lipinski definition) is 20. The second kappa shape index (κ2) is 50.4. The Kier molecular flexibility index (Phi) is 39.2. The third kappa shape index (κ3) is 29.4. The number of ether oxygens (including phenoxy) is 1. The Hall–Kier alpha value is -13.7. The smallest absolute Gasteiger partial charge is 0.305 e. The number of primary amides is 1. The second-order valence-electron chi connectivity index (χ2n) is 34.3. The molecule has 1 unspecified atom stereocenters. The molecule has 135 heavy (non-hydrogen) atoms. The molecule has 0 radical (unpaired) electrons. The number of benzene rings is 3. The molecule has 14 atom stereocenters. The van der Waals surface area contributed by atoms with Crippen molar-refractivity contribution in [3.63, 3.8) is 0 Å². The van der Waals surface area contributed by atoms with Gasteiger partial charge in [0, 0.05) is 138 Å². The number of H-pyrrole nitrogens is 3. The molecule has 3 aromatic carbocycles. The van der Waals surface area contributed by atoms with Crippen molar-refractivity contribution in [3.8, 4) is 5.75 Å². The summed E-state index contributed by atoms with van der Waals surface area (Å²) in [6.45, 7) is 4.45. The number of unbranched alkanes of at least 4 members (excludes halogenated alkanes) is 1. The molecule has 0 spiro atoms. The molecule has 45 heteroatoms. The van der Waals surface area contributed by atoms with Crippen molar-refractivity contribution in [2.24, 2.45) is 17.4 Å². The molecule has 6 heterocycles. The highest BCUT2D eigenvalue weighted by molar-refractivity contribution is 8.00. The number of para-hydroxylation sites is 2. The van der Waals surface area contributed by atoms with Crippen LogP contribution in [0.5, 0.6) is 5.75 Å². The average Bonchev–Trinajstić information content (AvgIpc) is 1.80. The van der Waals surface area contributed by atoms with Gasteiger partial charge in [-0.3, -0.25) is 86.9 Å². The first-order valence-corrected chi connectivity index (χ1v) is 46.1. The van der Waals surface area contributed by atoms with Gasteiger partial charge in [0.1, 0.15) is 90.3 Å². The van der Waals surface area contributed by atoms with Crippen LogP contribution in [0.3, 0.4) is 0 Å². The van der Waals surface area contributed by atoms with E-state index >= 15 is 38.4 Å². The van der Waals surface area contributed by atoms with Gasteiger partial charge in [-0.1, -0.05) is 82.1 Å². The van der Waals surface area contributed by atoms with Crippen molar-refractivity contribution in [2.75, 3.05) is 79.2 Å². The summed E-state index contributed by atoms with van der Waals surface area (Å²) >= 11 is 0.747. The number of carboxylic acids is 1. The first-order valence-electron chi connectivity index (χ1n) is 44.9. The summed E-state index contributed by atoms with van der Waals surface area (Å²) in [5, 5.41) is 69.9. The summed E-state index contributed by atoms with van der Waals surface area (Å²) in [6.07, 6.45) is 4.52. The van der Waals surface area contributed by atoms with Crippen LogP contribution < -0.4 is 70.0 Å². The van der Waals surface area contributed by atoms with E-state index in [1.165, 1.54) is 76.9 Å². The molecule has 6 aromatic rings. The monoisotopic (exact) mass is 1900 g/mol. The summed E-state index contributed by atoms with van der Waals surface area (Å²) in [7, 11) is 5.15. The SMILES string of the molecule is CCCC[C@H]1C(=O)N[C@@H](CCCNC(=N)N)C(=O)NC(C(=O)NCC(N)=O)CSCC(=O)N[C@@H](Cc2ccc(O)cc2)C(=O)N(C)[C@@H](C)C(=O)N[C@@H](CC(=O)O)C(=O)N2CCC[C@H]2C(=O)N[C@@H](Cc2cnc[nH]2)C(=O)N[C@@H](CC(C)C)C(=O)N2CCC[C@H]2C(=O)N[C@@H](Cc2c[nH]c3ccccc23)C(=O)N[C@@H](CO)C(=O)N[C@@H](Cc2c[nH]c3ccccc23)C(=O)N(C)[C@@H](CCOC)C(=O)N1C. The van der Waals surface area contributed by atoms with E-state index in [4.69, 9.17) is 21.6 Å². The molecular formula is C90H125N23O21S. The number of amides is 16. The topological polar surface area (TPSA) is 645 Å². The summed E-state index contributed by atoms with van der Waals surface area (Å²) in [5.74, 6) is -18.5. The Morgan fingerprint density at radius 1 is 0.570 bits per heavy atom. The van der Waals surface area contributed by atoms with Crippen LogP contribution in [-0.4, -0.2) is 330 Å². The minimum Gasteiger partial charge on any atom is -0.508 e. The van der Waals surface area contributed by atoms with Crippen molar-refractivity contribution >= 4 is 140 Å². The molecule has 3 fully saturated rings. The van der Waals surface area contributed by atoms with Crippen LogP contribution in [0.15, 0.2) is 97.7 Å². The van der Waals surface area contributed by atoms with Crippen LogP contribution >= 0.6 is 11.8 Å². The molecule has 3 aliphatic rings. The Labute approximate surface area is 783 Å². The van der Waals surface area contributed by atoms with Crippen LogP contribution in [0.4, 0.5) is 0 Å². The summed E-state index contributed by atoms with van der Waals surface area (Å²) in [4.78, 5) is 269. The van der Waals surface area contributed by atoms with Crippen molar-refractivity contribution in [1.29, 1.82) is 5.41 Å². The number of aromatic hydroxyl groups is 1. The van der Waals surface area contributed by atoms with Crippen molar-refractivity contribution in [1.82, 2.24) is 103 Å². The van der Waals surface area contributed by atoms with Gasteiger partial charge < -0.3 is 129 Å². The normalized spacial score (nSPS) is 24.2. The summed E-state index contributed by atoms with van der Waals surface area (Å²) < 4.78 is 5.51. The Balaban J connectivity index is 1.10. The number of thioether (sulfide) groups is 1. The van der Waals surface area contributed by atoms with E-state index in [1.807, 2.05) is 6.92 Å².